The Kier molecular flexibility index (Phi) is 10.7. The highest BCUT2D eigenvalue weighted by molar-refractivity contribution is 7.16. The maximum atomic E-state index is 14.3. The van der Waals surface area contributed by atoms with Gasteiger partial charge in [-0.05, 0) is 69.1 Å². The standard InChI is InChI=1S/C35H44N2O5S2/c1-34(2,3)27-17-21(15-23(29(27)40)19-36-9-11-38)25-7-13-43-32(25)31(42)33-26(8-14-44-33)22-16-24(20-37-10-12-39)30(41)28(18-22)35(4,5)6/h7-8,13-18,36-41H,9-12,19-20H2,1-6H3. The normalized spacial score (nSPS) is 12.2. The summed E-state index contributed by atoms with van der Waals surface area (Å²) < 4.78 is 0. The molecule has 0 saturated carbocycles. The monoisotopic (exact) mass is 636 g/mol. The molecule has 0 atom stereocenters. The molecule has 44 heavy (non-hydrogen) atoms. The smallest absolute Gasteiger partial charge is 0.214 e. The van der Waals surface area contributed by atoms with Crippen molar-refractivity contribution in [3.8, 4) is 33.8 Å². The van der Waals surface area contributed by atoms with Crippen molar-refractivity contribution in [1.29, 1.82) is 0 Å². The van der Waals surface area contributed by atoms with Crippen LogP contribution in [0.15, 0.2) is 47.2 Å². The van der Waals surface area contributed by atoms with E-state index in [2.05, 4.69) is 10.6 Å². The third kappa shape index (κ3) is 7.42. The summed E-state index contributed by atoms with van der Waals surface area (Å²) in [7, 11) is 0. The predicted molar refractivity (Wildman–Crippen MR) is 181 cm³/mol. The average Bonchev–Trinajstić information content (AvgIpc) is 3.64. The second-order valence-electron chi connectivity index (χ2n) is 13.0. The van der Waals surface area contributed by atoms with Gasteiger partial charge in [0.1, 0.15) is 11.5 Å². The zero-order chi connectivity index (χ0) is 32.2. The van der Waals surface area contributed by atoms with Gasteiger partial charge >= 0.3 is 0 Å². The molecule has 2 heterocycles. The van der Waals surface area contributed by atoms with Crippen LogP contribution in [-0.2, 0) is 23.9 Å². The first-order valence-electron chi connectivity index (χ1n) is 14.8. The number of aliphatic hydroxyl groups excluding tert-OH is 2. The van der Waals surface area contributed by atoms with Crippen LogP contribution in [0.3, 0.4) is 0 Å². The van der Waals surface area contributed by atoms with Crippen LogP contribution in [0.4, 0.5) is 0 Å². The van der Waals surface area contributed by atoms with E-state index in [1.165, 1.54) is 22.7 Å². The number of carbonyl (C=O) groups is 1. The van der Waals surface area contributed by atoms with Crippen molar-refractivity contribution in [2.45, 2.75) is 65.5 Å². The largest absolute Gasteiger partial charge is 0.507 e. The van der Waals surface area contributed by atoms with Crippen molar-refractivity contribution < 1.29 is 25.2 Å². The van der Waals surface area contributed by atoms with Crippen molar-refractivity contribution >= 4 is 28.5 Å². The molecule has 7 nitrogen and oxygen atoms in total. The molecule has 9 heteroatoms. The third-order valence-corrected chi connectivity index (χ3v) is 9.39. The molecule has 2 aromatic carbocycles. The number of rotatable bonds is 12. The van der Waals surface area contributed by atoms with Crippen LogP contribution in [0.2, 0.25) is 0 Å². The third-order valence-electron chi connectivity index (χ3n) is 7.57. The molecule has 2 aromatic heterocycles. The summed E-state index contributed by atoms with van der Waals surface area (Å²) in [5, 5.41) is 50.9. The number of nitrogens with one attached hydrogen (secondary N) is 2. The van der Waals surface area contributed by atoms with E-state index in [0.717, 1.165) is 33.4 Å². The van der Waals surface area contributed by atoms with Crippen molar-refractivity contribution in [2.75, 3.05) is 26.3 Å². The molecule has 0 fully saturated rings. The van der Waals surface area contributed by atoms with Crippen LogP contribution in [0.5, 0.6) is 11.5 Å². The number of benzene rings is 2. The molecule has 0 radical (unpaired) electrons. The molecule has 0 amide bonds. The fourth-order valence-electron chi connectivity index (χ4n) is 5.25. The molecule has 6 N–H and O–H groups in total. The maximum Gasteiger partial charge on any atom is 0.214 e. The van der Waals surface area contributed by atoms with Crippen LogP contribution < -0.4 is 10.6 Å². The molecular weight excluding hydrogens is 593 g/mol. The lowest BCUT2D eigenvalue weighted by Crippen LogP contribution is -2.19. The highest BCUT2D eigenvalue weighted by atomic mass is 32.1. The highest BCUT2D eigenvalue weighted by Gasteiger charge is 2.27. The van der Waals surface area contributed by atoms with Crippen molar-refractivity contribution in [3.63, 3.8) is 0 Å². The number of thiophene rings is 2. The molecule has 0 bridgehead atoms. The summed E-state index contributed by atoms with van der Waals surface area (Å²) in [5.74, 6) is 0.374. The Hall–Kier alpha value is -3.05. The zero-order valence-electron chi connectivity index (χ0n) is 26.4. The molecule has 0 aliphatic carbocycles. The van der Waals surface area contributed by atoms with Crippen LogP contribution in [-0.4, -0.2) is 52.5 Å². The average molecular weight is 637 g/mol. The number of hydrogen-bond acceptors (Lipinski definition) is 9. The van der Waals surface area contributed by atoms with Gasteiger partial charge in [-0.15, -0.1) is 22.7 Å². The summed E-state index contributed by atoms with van der Waals surface area (Å²) in [6.07, 6.45) is 0. The lowest BCUT2D eigenvalue weighted by Gasteiger charge is -2.24. The van der Waals surface area contributed by atoms with Crippen molar-refractivity contribution in [2.24, 2.45) is 0 Å². The molecule has 0 spiro atoms. The SMILES string of the molecule is CC(C)(C)c1cc(-c2ccsc2C(=O)c2sccc2-c2cc(CNCCO)c(O)c(C(C)(C)C)c2)cc(CNCCO)c1O. The number of carbonyl (C=O) groups excluding carboxylic acids is 1. The number of ketones is 1. The number of hydrogen-bond donors (Lipinski definition) is 6. The first kappa shape index (κ1) is 33.8. The van der Waals surface area contributed by atoms with E-state index in [9.17, 15) is 25.2 Å². The van der Waals surface area contributed by atoms with Gasteiger partial charge in [0.15, 0.2) is 0 Å². The summed E-state index contributed by atoms with van der Waals surface area (Å²) in [6, 6.07) is 11.7. The van der Waals surface area contributed by atoms with E-state index >= 15 is 0 Å². The number of phenols is 2. The van der Waals surface area contributed by atoms with E-state index in [4.69, 9.17) is 0 Å². The van der Waals surface area contributed by atoms with Gasteiger partial charge < -0.3 is 31.1 Å². The van der Waals surface area contributed by atoms with Gasteiger partial charge in [0.25, 0.3) is 0 Å². The first-order chi connectivity index (χ1) is 20.8. The summed E-state index contributed by atoms with van der Waals surface area (Å²) in [5.41, 5.74) is 5.66. The van der Waals surface area contributed by atoms with E-state index in [-0.39, 0.29) is 41.3 Å². The molecule has 4 rings (SSSR count). The zero-order valence-corrected chi connectivity index (χ0v) is 28.0. The fourth-order valence-corrected chi connectivity index (χ4v) is 7.03. The number of aliphatic hydroxyl groups is 2. The highest BCUT2D eigenvalue weighted by Crippen LogP contribution is 2.43. The van der Waals surface area contributed by atoms with E-state index in [1.807, 2.05) is 88.7 Å². The quantitative estimate of drug-likeness (QED) is 0.0771. The van der Waals surface area contributed by atoms with Gasteiger partial charge in [0.05, 0.1) is 23.0 Å². The lowest BCUT2D eigenvalue weighted by molar-refractivity contribution is 0.104. The minimum atomic E-state index is -0.333. The first-order valence-corrected chi connectivity index (χ1v) is 16.6. The minimum absolute atomic E-state index is 0.00213. The van der Waals surface area contributed by atoms with Crippen molar-refractivity contribution in [1.82, 2.24) is 10.6 Å². The van der Waals surface area contributed by atoms with Gasteiger partial charge in [-0.2, -0.15) is 0 Å². The number of phenolic OH excluding ortho intramolecular Hbond substituents is 2. The van der Waals surface area contributed by atoms with E-state index in [1.54, 1.807) is 0 Å². The van der Waals surface area contributed by atoms with Gasteiger partial charge in [-0.1, -0.05) is 41.5 Å². The van der Waals surface area contributed by atoms with Gasteiger partial charge in [0.2, 0.25) is 5.78 Å². The lowest BCUT2D eigenvalue weighted by atomic mass is 9.82. The van der Waals surface area contributed by atoms with Crippen LogP contribution >= 0.6 is 22.7 Å². The summed E-state index contributed by atoms with van der Waals surface area (Å²) in [6.45, 7) is 13.9. The Bertz CT molecular complexity index is 1490. The molecule has 236 valence electrons. The molecule has 0 saturated heterocycles. The Morgan fingerprint density at radius 1 is 0.682 bits per heavy atom. The van der Waals surface area contributed by atoms with Crippen LogP contribution in [0.25, 0.3) is 22.3 Å². The second kappa shape index (κ2) is 13.9. The summed E-state index contributed by atoms with van der Waals surface area (Å²) in [4.78, 5) is 15.5. The molecular formula is C35H44N2O5S2. The second-order valence-corrected chi connectivity index (χ2v) is 14.9. The number of aromatic hydroxyl groups is 2. The fraction of sp³-hybridized carbons (Fsp3) is 0.400. The Balaban J connectivity index is 1.80. The van der Waals surface area contributed by atoms with Gasteiger partial charge in [-0.25, -0.2) is 0 Å². The summed E-state index contributed by atoms with van der Waals surface area (Å²) >= 11 is 2.80. The van der Waals surface area contributed by atoms with Crippen molar-refractivity contribution in [3.05, 3.63) is 79.2 Å². The molecule has 0 aliphatic heterocycles. The van der Waals surface area contributed by atoms with E-state index in [0.29, 0.717) is 47.1 Å². The Morgan fingerprint density at radius 2 is 1.07 bits per heavy atom. The maximum absolute atomic E-state index is 14.3. The Labute approximate surface area is 268 Å². The van der Waals surface area contributed by atoms with Gasteiger partial charge in [0, 0.05) is 59.6 Å². The molecule has 0 unspecified atom stereocenters. The predicted octanol–water partition coefficient (Wildman–Crippen LogP) is 6.54. The topological polar surface area (TPSA) is 122 Å². The van der Waals surface area contributed by atoms with E-state index < -0.39 is 0 Å². The Morgan fingerprint density at radius 3 is 1.41 bits per heavy atom. The van der Waals surface area contributed by atoms with Gasteiger partial charge in [-0.3, -0.25) is 4.79 Å². The molecule has 4 aromatic rings. The van der Waals surface area contributed by atoms with Crippen LogP contribution in [0.1, 0.15) is 78.3 Å². The minimum Gasteiger partial charge on any atom is -0.507 e. The molecule has 0 aliphatic rings. The van der Waals surface area contributed by atoms with Crippen LogP contribution in [0, 0.1) is 0 Å².